The van der Waals surface area contributed by atoms with Crippen molar-refractivity contribution in [3.05, 3.63) is 184 Å². The standard InChI is InChI=1S/C22H16N2O5.C22H14N2O4.C22H16N2O3/c1-28-15-4-3-5-16(29-2)18(15)12-9-14-17(20-19(12)21(26)24-22(20)27)11-8-10(25)6-7-13(11)23-14;1-10(25)12-4-2-3-5-13(12)14-9-17-18(20-19(14)21(27)24-22(20)28)15-8-11(26)6-7-16(15)23-17;1-10-4-3-5-11(2)17(10)14-9-16-18(20-19(14)21(26)24-22(20)27)13-8-12(25)6-7-15(13)23-16/h3-9,23,25H,1-2H3,(H,24,26,27);2-9,23,26H,1H3,(H,24,27,28);3-9,23,25H,1-2H3,(H,24,26,27). The number of amides is 6. The van der Waals surface area contributed by atoms with E-state index in [1.165, 1.54) is 21.1 Å². The number of ether oxygens (including phenoxy) is 2. The first-order valence-corrected chi connectivity index (χ1v) is 26.3. The van der Waals surface area contributed by atoms with Gasteiger partial charge in [0.2, 0.25) is 0 Å². The molecular formula is C66H46N6O12. The molecule has 0 radical (unpaired) electrons. The molecule has 0 unspecified atom stereocenters. The highest BCUT2D eigenvalue weighted by molar-refractivity contribution is 6.35. The normalized spacial score (nSPS) is 13.2. The fourth-order valence-electron chi connectivity index (χ4n) is 12.2. The Morgan fingerprint density at radius 1 is 0.369 bits per heavy atom. The first kappa shape index (κ1) is 51.9. The summed E-state index contributed by atoms with van der Waals surface area (Å²) in [6.45, 7) is 5.46. The highest BCUT2D eigenvalue weighted by Gasteiger charge is 2.38. The molecule has 9 aromatic carbocycles. The Bertz CT molecular complexity index is 4980. The largest absolute Gasteiger partial charge is 0.508 e. The van der Waals surface area contributed by atoms with Crippen LogP contribution in [0.5, 0.6) is 28.7 Å². The van der Waals surface area contributed by atoms with E-state index in [-0.39, 0.29) is 51.2 Å². The number of carbonyl (C=O) groups is 7. The van der Waals surface area contributed by atoms with E-state index in [9.17, 15) is 48.9 Å². The molecule has 0 aliphatic carbocycles. The minimum atomic E-state index is -0.496. The highest BCUT2D eigenvalue weighted by Crippen LogP contribution is 2.47. The molecule has 12 aromatic rings. The fourth-order valence-corrected chi connectivity index (χ4v) is 12.2. The zero-order chi connectivity index (χ0) is 58.7. The van der Waals surface area contributed by atoms with Crippen molar-refractivity contribution in [2.45, 2.75) is 20.8 Å². The van der Waals surface area contributed by atoms with E-state index in [0.29, 0.717) is 88.4 Å². The number of aryl methyl sites for hydroxylation is 2. The molecule has 84 heavy (non-hydrogen) atoms. The Balaban J connectivity index is 0.000000118. The summed E-state index contributed by atoms with van der Waals surface area (Å²) < 4.78 is 11.0. The number of benzene rings is 9. The summed E-state index contributed by atoms with van der Waals surface area (Å²) in [5, 5.41) is 40.8. The maximum atomic E-state index is 12.8. The molecule has 0 spiro atoms. The summed E-state index contributed by atoms with van der Waals surface area (Å²) in [5.41, 5.74) is 12.6. The Kier molecular flexibility index (Phi) is 11.9. The lowest BCUT2D eigenvalue weighted by atomic mass is 9.88. The van der Waals surface area contributed by atoms with Gasteiger partial charge in [-0.1, -0.05) is 48.5 Å². The SMILES string of the molecule is CC(=O)c1ccccc1-c1cc2[nH]c3ccc(O)cc3c2c2c1C(=O)NC2=O.COc1cccc(OC)c1-c1cc2[nH]c3ccc(O)cc3c2c2c1C(=O)NC2=O.Cc1cccc(C)c1-c1cc2[nH]c3ccc(O)cc3c2c2c1C(=O)NC2=O. The van der Waals surface area contributed by atoms with E-state index >= 15 is 0 Å². The molecule has 0 saturated heterocycles. The van der Waals surface area contributed by atoms with Gasteiger partial charge in [0.05, 0.1) is 53.2 Å². The van der Waals surface area contributed by atoms with Crippen LogP contribution in [0, 0.1) is 13.8 Å². The predicted octanol–water partition coefficient (Wildman–Crippen LogP) is 11.6. The van der Waals surface area contributed by atoms with E-state index in [1.54, 1.807) is 103 Å². The zero-order valence-electron chi connectivity index (χ0n) is 45.2. The second-order valence-electron chi connectivity index (χ2n) is 20.6. The number of phenols is 3. The molecular weight excluding hydrogens is 1070 g/mol. The minimum Gasteiger partial charge on any atom is -0.508 e. The third-order valence-electron chi connectivity index (χ3n) is 15.7. The summed E-state index contributed by atoms with van der Waals surface area (Å²) in [6.07, 6.45) is 0. The topological polar surface area (TPSA) is 282 Å². The summed E-state index contributed by atoms with van der Waals surface area (Å²) in [4.78, 5) is 98.1. The molecule has 9 N–H and O–H groups in total. The van der Waals surface area contributed by atoms with Crippen LogP contribution in [0.15, 0.2) is 133 Å². The number of fused-ring (bicyclic) bond motifs is 15. The summed E-state index contributed by atoms with van der Waals surface area (Å²) in [7, 11) is 3.07. The smallest absolute Gasteiger partial charge is 0.259 e. The van der Waals surface area contributed by atoms with Gasteiger partial charge in [0.25, 0.3) is 35.4 Å². The van der Waals surface area contributed by atoms with Crippen molar-refractivity contribution in [3.8, 4) is 62.1 Å². The van der Waals surface area contributed by atoms with Crippen molar-refractivity contribution in [2.24, 2.45) is 0 Å². The average molecular weight is 1120 g/mol. The molecule has 3 aromatic heterocycles. The quantitative estimate of drug-likeness (QED) is 0.0555. The zero-order valence-corrected chi connectivity index (χ0v) is 45.2. The Morgan fingerprint density at radius 3 is 1.13 bits per heavy atom. The third-order valence-corrected chi connectivity index (χ3v) is 15.7. The van der Waals surface area contributed by atoms with Crippen LogP contribution in [0.2, 0.25) is 0 Å². The molecule has 18 heteroatoms. The number of nitrogens with one attached hydrogen (secondary N) is 6. The molecule has 15 rings (SSSR count). The molecule has 3 aliphatic heterocycles. The fraction of sp³-hybridized carbons (Fsp3) is 0.0758. The monoisotopic (exact) mass is 1110 g/mol. The number of H-pyrrole nitrogens is 3. The van der Waals surface area contributed by atoms with Gasteiger partial charge in [0, 0.05) is 76.5 Å². The maximum absolute atomic E-state index is 12.8. The second kappa shape index (κ2) is 19.3. The number of carbonyl (C=O) groups excluding carboxylic acids is 7. The van der Waals surface area contributed by atoms with Gasteiger partial charge in [-0.3, -0.25) is 49.5 Å². The van der Waals surface area contributed by atoms with Gasteiger partial charge in [-0.05, 0) is 139 Å². The summed E-state index contributed by atoms with van der Waals surface area (Å²) in [6, 6.07) is 38.5. The minimum absolute atomic E-state index is 0.0675. The molecule has 0 saturated carbocycles. The van der Waals surface area contributed by atoms with E-state index < -0.39 is 29.5 Å². The van der Waals surface area contributed by atoms with Gasteiger partial charge < -0.3 is 39.7 Å². The van der Waals surface area contributed by atoms with Gasteiger partial charge in [-0.2, -0.15) is 0 Å². The Morgan fingerprint density at radius 2 is 0.726 bits per heavy atom. The maximum Gasteiger partial charge on any atom is 0.259 e. The Labute approximate surface area is 474 Å². The average Bonchev–Trinajstić information content (AvgIpc) is 3.10. The van der Waals surface area contributed by atoms with Crippen molar-refractivity contribution < 1.29 is 58.4 Å². The summed E-state index contributed by atoms with van der Waals surface area (Å²) in [5.74, 6) is -1.57. The Hall–Kier alpha value is -11.5. The molecule has 0 bridgehead atoms. The van der Waals surface area contributed by atoms with E-state index in [0.717, 1.165) is 49.7 Å². The number of aromatic hydroxyl groups is 3. The van der Waals surface area contributed by atoms with Crippen LogP contribution in [-0.2, 0) is 0 Å². The van der Waals surface area contributed by atoms with Crippen molar-refractivity contribution in [3.63, 3.8) is 0 Å². The van der Waals surface area contributed by atoms with Crippen LogP contribution in [0.25, 0.3) is 98.8 Å². The lowest BCUT2D eigenvalue weighted by Gasteiger charge is -2.15. The number of phenolic OH excluding ortho intramolecular Hbond substituents is 3. The number of aromatic amines is 3. The number of rotatable bonds is 6. The first-order valence-electron chi connectivity index (χ1n) is 26.3. The van der Waals surface area contributed by atoms with Crippen molar-refractivity contribution >= 4 is 107 Å². The molecule has 0 atom stereocenters. The number of aromatic nitrogens is 3. The molecule has 6 amide bonds. The van der Waals surface area contributed by atoms with E-state index in [1.807, 2.05) is 44.2 Å². The lowest BCUT2D eigenvalue weighted by molar-refractivity contribution is 0.0863. The van der Waals surface area contributed by atoms with Crippen molar-refractivity contribution in [1.82, 2.24) is 30.9 Å². The van der Waals surface area contributed by atoms with Gasteiger partial charge in [-0.15, -0.1) is 0 Å². The third kappa shape index (κ3) is 7.98. The van der Waals surface area contributed by atoms with Crippen molar-refractivity contribution in [1.29, 1.82) is 0 Å². The van der Waals surface area contributed by atoms with E-state index in [2.05, 4.69) is 30.9 Å². The second-order valence-corrected chi connectivity index (χ2v) is 20.6. The van der Waals surface area contributed by atoms with Gasteiger partial charge in [0.15, 0.2) is 5.78 Å². The van der Waals surface area contributed by atoms with Crippen LogP contribution < -0.4 is 25.4 Å². The number of methoxy groups -OCH3 is 2. The van der Waals surface area contributed by atoms with Crippen molar-refractivity contribution in [2.75, 3.05) is 14.2 Å². The van der Waals surface area contributed by atoms with Crippen LogP contribution >= 0.6 is 0 Å². The van der Waals surface area contributed by atoms with Gasteiger partial charge in [-0.25, -0.2) is 0 Å². The first-order chi connectivity index (χ1) is 40.4. The van der Waals surface area contributed by atoms with Crippen LogP contribution in [0.4, 0.5) is 0 Å². The van der Waals surface area contributed by atoms with Crippen LogP contribution in [-0.4, -0.2) is 85.7 Å². The number of hydrogen-bond donors (Lipinski definition) is 9. The number of imide groups is 3. The van der Waals surface area contributed by atoms with Crippen LogP contribution in [0.1, 0.15) is 90.6 Å². The van der Waals surface area contributed by atoms with Gasteiger partial charge in [0.1, 0.15) is 28.7 Å². The highest BCUT2D eigenvalue weighted by atomic mass is 16.5. The lowest BCUT2D eigenvalue weighted by Crippen LogP contribution is -2.20. The summed E-state index contributed by atoms with van der Waals surface area (Å²) >= 11 is 0. The van der Waals surface area contributed by atoms with E-state index in [4.69, 9.17) is 9.47 Å². The molecule has 6 heterocycles. The number of ketones is 1. The predicted molar refractivity (Wildman–Crippen MR) is 317 cm³/mol. The molecule has 412 valence electrons. The van der Waals surface area contributed by atoms with Crippen LogP contribution in [0.3, 0.4) is 0 Å². The number of hydrogen-bond acceptors (Lipinski definition) is 12. The number of Topliss-reactive ketones (excluding diaryl/α,β-unsaturated/α-hetero) is 1. The van der Waals surface area contributed by atoms with Gasteiger partial charge >= 0.3 is 0 Å². The molecule has 3 aliphatic rings. The molecule has 0 fully saturated rings. The molecule has 18 nitrogen and oxygen atoms in total.